The highest BCUT2D eigenvalue weighted by atomic mass is 32.2. The Morgan fingerprint density at radius 2 is 1.94 bits per heavy atom. The molecule has 17 heavy (non-hydrogen) atoms. The predicted molar refractivity (Wildman–Crippen MR) is 63.4 cm³/mol. The molecule has 1 aliphatic rings. The third-order valence-electron chi connectivity index (χ3n) is 2.32. The molecule has 1 heterocycles. The van der Waals surface area contributed by atoms with Crippen molar-refractivity contribution < 1.29 is 17.4 Å². The van der Waals surface area contributed by atoms with Crippen molar-refractivity contribution >= 4 is 10.1 Å². The van der Waals surface area contributed by atoms with E-state index in [1.807, 2.05) is 6.92 Å². The summed E-state index contributed by atoms with van der Waals surface area (Å²) < 4.78 is 41.4. The highest BCUT2D eigenvalue weighted by Gasteiger charge is 2.10. The van der Waals surface area contributed by atoms with E-state index in [-0.39, 0.29) is 4.90 Å². The van der Waals surface area contributed by atoms with Crippen LogP contribution in [-0.4, -0.2) is 32.2 Å². The van der Waals surface area contributed by atoms with E-state index < -0.39 is 16.3 Å². The lowest BCUT2D eigenvalue weighted by Crippen LogP contribution is -2.08. The molecule has 0 saturated carbocycles. The third kappa shape index (κ3) is 5.25. The average molecular weight is 261 g/mol. The van der Waals surface area contributed by atoms with Gasteiger partial charge in [0.25, 0.3) is 10.1 Å². The Kier molecular flexibility index (Phi) is 5.04. The van der Waals surface area contributed by atoms with Crippen molar-refractivity contribution in [2.45, 2.75) is 24.4 Å². The number of hydrogen-bond acceptors (Lipinski definition) is 3. The molecule has 1 fully saturated rings. The monoisotopic (exact) mass is 261 g/mol. The topological polar surface area (TPSA) is 66.4 Å². The van der Waals surface area contributed by atoms with Crippen molar-refractivity contribution in [1.29, 1.82) is 0 Å². The van der Waals surface area contributed by atoms with Gasteiger partial charge in [-0.15, -0.1) is 0 Å². The van der Waals surface area contributed by atoms with Crippen LogP contribution in [0.4, 0.5) is 4.39 Å². The molecule has 1 aromatic carbocycles. The number of alkyl halides is 1. The van der Waals surface area contributed by atoms with Crippen LogP contribution in [0.3, 0.4) is 0 Å². The molecular weight excluding hydrogens is 245 g/mol. The Hall–Kier alpha value is -0.980. The van der Waals surface area contributed by atoms with E-state index in [0.717, 1.165) is 12.1 Å². The zero-order valence-corrected chi connectivity index (χ0v) is 10.4. The van der Waals surface area contributed by atoms with E-state index in [9.17, 15) is 12.8 Å². The molecule has 0 bridgehead atoms. The van der Waals surface area contributed by atoms with Crippen molar-refractivity contribution in [3.05, 3.63) is 29.8 Å². The van der Waals surface area contributed by atoms with Gasteiger partial charge in [-0.1, -0.05) is 17.7 Å². The summed E-state index contributed by atoms with van der Waals surface area (Å²) in [6.45, 7) is 3.27. The van der Waals surface area contributed by atoms with Crippen LogP contribution in [-0.2, 0) is 10.1 Å². The number of aryl methyl sites for hydroxylation is 1. The van der Waals surface area contributed by atoms with Crippen LogP contribution in [0, 0.1) is 6.92 Å². The fourth-order valence-corrected chi connectivity index (χ4v) is 1.81. The predicted octanol–water partition coefficient (Wildman–Crippen LogP) is 1.56. The SMILES string of the molecule is Cc1ccc(S(=O)(=O)O)cc1.F[C@@H]1CCNC1. The molecule has 0 radical (unpaired) electrons. The summed E-state index contributed by atoms with van der Waals surface area (Å²) in [6.07, 6.45) is 0.144. The summed E-state index contributed by atoms with van der Waals surface area (Å²) in [5.41, 5.74) is 0.956. The Bertz CT molecular complexity index is 438. The first-order valence-electron chi connectivity index (χ1n) is 5.28. The van der Waals surface area contributed by atoms with Crippen LogP contribution in [0.2, 0.25) is 0 Å². The Labute approximate surface area is 101 Å². The zero-order valence-electron chi connectivity index (χ0n) is 9.56. The van der Waals surface area contributed by atoms with Crippen molar-refractivity contribution in [2.24, 2.45) is 0 Å². The second-order valence-corrected chi connectivity index (χ2v) is 5.30. The Balaban J connectivity index is 0.000000202. The summed E-state index contributed by atoms with van der Waals surface area (Å²) in [7, 11) is -4.02. The molecule has 96 valence electrons. The number of nitrogens with one attached hydrogen (secondary N) is 1. The summed E-state index contributed by atoms with van der Waals surface area (Å²) in [5.74, 6) is 0. The first kappa shape index (κ1) is 14.1. The number of benzene rings is 1. The van der Waals surface area contributed by atoms with Crippen molar-refractivity contribution in [3.63, 3.8) is 0 Å². The van der Waals surface area contributed by atoms with Crippen molar-refractivity contribution in [3.8, 4) is 0 Å². The average Bonchev–Trinajstić information content (AvgIpc) is 2.69. The molecule has 0 aliphatic carbocycles. The molecule has 6 heteroatoms. The van der Waals surface area contributed by atoms with Gasteiger partial charge in [-0.25, -0.2) is 4.39 Å². The van der Waals surface area contributed by atoms with Crippen LogP contribution in [0.1, 0.15) is 12.0 Å². The molecule has 0 spiro atoms. The minimum absolute atomic E-state index is 0.0666. The number of hydrogen-bond donors (Lipinski definition) is 2. The van der Waals surface area contributed by atoms with Gasteiger partial charge in [0.1, 0.15) is 6.17 Å². The highest BCUT2D eigenvalue weighted by molar-refractivity contribution is 7.85. The summed E-state index contributed by atoms with van der Waals surface area (Å²) >= 11 is 0. The lowest BCUT2D eigenvalue weighted by atomic mass is 10.2. The first-order chi connectivity index (χ1) is 7.89. The van der Waals surface area contributed by atoms with Crippen LogP contribution in [0.5, 0.6) is 0 Å². The Morgan fingerprint density at radius 3 is 2.24 bits per heavy atom. The fraction of sp³-hybridized carbons (Fsp3) is 0.455. The van der Waals surface area contributed by atoms with Gasteiger partial charge >= 0.3 is 0 Å². The van der Waals surface area contributed by atoms with Gasteiger partial charge < -0.3 is 5.32 Å². The van der Waals surface area contributed by atoms with Gasteiger partial charge in [0.05, 0.1) is 4.90 Å². The van der Waals surface area contributed by atoms with Gasteiger partial charge in [0, 0.05) is 6.54 Å². The summed E-state index contributed by atoms with van der Waals surface area (Å²) in [5, 5.41) is 2.90. The smallest absolute Gasteiger partial charge is 0.294 e. The van der Waals surface area contributed by atoms with Gasteiger partial charge in [0.2, 0.25) is 0 Å². The normalized spacial score (nSPS) is 19.6. The summed E-state index contributed by atoms with van der Waals surface area (Å²) in [4.78, 5) is -0.0666. The number of rotatable bonds is 1. The van der Waals surface area contributed by atoms with Crippen LogP contribution in [0.15, 0.2) is 29.2 Å². The quantitative estimate of drug-likeness (QED) is 0.753. The fourth-order valence-electron chi connectivity index (χ4n) is 1.33. The van der Waals surface area contributed by atoms with E-state index in [1.54, 1.807) is 12.1 Å². The second kappa shape index (κ2) is 6.09. The van der Waals surface area contributed by atoms with E-state index >= 15 is 0 Å². The number of halogens is 1. The molecule has 1 saturated heterocycles. The molecule has 1 atom stereocenters. The lowest BCUT2D eigenvalue weighted by Gasteiger charge is -1.95. The molecule has 0 aromatic heterocycles. The molecule has 2 rings (SSSR count). The molecule has 0 amide bonds. The maximum atomic E-state index is 11.9. The van der Waals surface area contributed by atoms with Crippen LogP contribution >= 0.6 is 0 Å². The summed E-state index contributed by atoms with van der Waals surface area (Å²) in [6, 6.07) is 5.99. The first-order valence-corrected chi connectivity index (χ1v) is 6.72. The third-order valence-corrected chi connectivity index (χ3v) is 3.19. The van der Waals surface area contributed by atoms with Gasteiger partial charge in [-0.3, -0.25) is 4.55 Å². The van der Waals surface area contributed by atoms with Gasteiger partial charge in [-0.05, 0) is 32.0 Å². The molecule has 1 aliphatic heterocycles. The molecule has 1 aromatic rings. The minimum Gasteiger partial charge on any atom is -0.314 e. The van der Waals surface area contributed by atoms with Gasteiger partial charge in [-0.2, -0.15) is 8.42 Å². The molecule has 2 N–H and O–H groups in total. The minimum atomic E-state index is -4.02. The maximum absolute atomic E-state index is 11.9. The van der Waals surface area contributed by atoms with Crippen molar-refractivity contribution in [1.82, 2.24) is 5.32 Å². The van der Waals surface area contributed by atoms with E-state index in [4.69, 9.17) is 4.55 Å². The van der Waals surface area contributed by atoms with E-state index in [2.05, 4.69) is 5.32 Å². The molecule has 0 unspecified atom stereocenters. The lowest BCUT2D eigenvalue weighted by molar-refractivity contribution is 0.361. The highest BCUT2D eigenvalue weighted by Crippen LogP contribution is 2.08. The maximum Gasteiger partial charge on any atom is 0.294 e. The van der Waals surface area contributed by atoms with Gasteiger partial charge in [0.15, 0.2) is 0 Å². The van der Waals surface area contributed by atoms with Crippen LogP contribution in [0.25, 0.3) is 0 Å². The van der Waals surface area contributed by atoms with Crippen molar-refractivity contribution in [2.75, 3.05) is 13.1 Å². The van der Waals surface area contributed by atoms with Crippen LogP contribution < -0.4 is 5.32 Å². The second-order valence-electron chi connectivity index (χ2n) is 3.88. The Morgan fingerprint density at radius 1 is 1.35 bits per heavy atom. The largest absolute Gasteiger partial charge is 0.314 e. The molecular formula is C11H16FNO3S. The van der Waals surface area contributed by atoms with E-state index in [1.165, 1.54) is 12.1 Å². The molecule has 4 nitrogen and oxygen atoms in total. The standard InChI is InChI=1S/C7H8O3S.C4H8FN/c1-6-2-4-7(5-3-6)11(8,9)10;5-4-1-2-6-3-4/h2-5H,1H3,(H,8,9,10);4,6H,1-3H2/t;4-/m.1/s1. The zero-order chi connectivity index (χ0) is 12.9. The van der Waals surface area contributed by atoms with E-state index in [0.29, 0.717) is 13.0 Å².